The summed E-state index contributed by atoms with van der Waals surface area (Å²) in [6.07, 6.45) is 41.0. The van der Waals surface area contributed by atoms with Crippen LogP contribution in [0, 0.1) is 0 Å². The van der Waals surface area contributed by atoms with Gasteiger partial charge in [0.2, 0.25) is 0 Å². The molecule has 1 heterocycles. The van der Waals surface area contributed by atoms with Gasteiger partial charge in [-0.05, 0) is 25.7 Å². The van der Waals surface area contributed by atoms with E-state index in [2.05, 4.69) is 43.0 Å². The Morgan fingerprint density at radius 3 is 1.03 bits per heavy atom. The molecule has 1 aliphatic heterocycles. The number of rotatable bonds is 27. The molecule has 0 aromatic carbocycles. The van der Waals surface area contributed by atoms with Gasteiger partial charge in [-0.15, -0.1) is 0 Å². The summed E-state index contributed by atoms with van der Waals surface area (Å²) in [5.41, 5.74) is 0. The van der Waals surface area contributed by atoms with Crippen LogP contribution in [0.2, 0.25) is 0 Å². The van der Waals surface area contributed by atoms with Crippen LogP contribution < -0.4 is 0 Å². The largest absolute Gasteiger partial charge is 0.356 e. The van der Waals surface area contributed by atoms with E-state index in [-0.39, 0.29) is 0 Å². The first kappa shape index (κ1) is 32.4. The van der Waals surface area contributed by atoms with Crippen LogP contribution in [0.4, 0.5) is 0 Å². The Kier molecular flexibility index (Phi) is 23.1. The molecule has 1 atom stereocenters. The molecule has 0 amide bonds. The van der Waals surface area contributed by atoms with Crippen LogP contribution in [0.15, 0.2) is 12.4 Å². The third kappa shape index (κ3) is 18.3. The first-order valence-corrected chi connectivity index (χ1v) is 16.5. The summed E-state index contributed by atoms with van der Waals surface area (Å²) in [5.74, 6) is 0. The minimum absolute atomic E-state index is 0.643. The van der Waals surface area contributed by atoms with E-state index in [4.69, 9.17) is 0 Å². The van der Waals surface area contributed by atoms with Gasteiger partial charge in [0.1, 0.15) is 6.17 Å². The van der Waals surface area contributed by atoms with Crippen LogP contribution in [0.3, 0.4) is 0 Å². The molecule has 0 spiro atoms. The van der Waals surface area contributed by atoms with E-state index in [0.29, 0.717) is 6.17 Å². The Hall–Kier alpha value is -0.660. The molecule has 0 fully saturated rings. The molecule has 0 aliphatic carbocycles. The summed E-state index contributed by atoms with van der Waals surface area (Å²) in [6, 6.07) is 0. The van der Waals surface area contributed by atoms with Gasteiger partial charge in [-0.2, -0.15) is 0 Å². The lowest BCUT2D eigenvalue weighted by Crippen LogP contribution is -2.39. The topological polar surface area (TPSA) is 6.48 Å². The van der Waals surface area contributed by atoms with Gasteiger partial charge in [-0.25, -0.2) is 0 Å². The molecule has 0 saturated heterocycles. The van der Waals surface area contributed by atoms with Crippen molar-refractivity contribution in [3.05, 3.63) is 12.4 Å². The molecular weight excluding hydrogens is 424 g/mol. The van der Waals surface area contributed by atoms with Crippen molar-refractivity contribution in [2.75, 3.05) is 13.1 Å². The highest BCUT2D eigenvalue weighted by molar-refractivity contribution is 4.97. The van der Waals surface area contributed by atoms with E-state index in [9.17, 15) is 0 Å². The molecule has 0 aromatic rings. The van der Waals surface area contributed by atoms with E-state index in [1.54, 1.807) is 0 Å². The third-order valence-electron chi connectivity index (χ3n) is 8.07. The van der Waals surface area contributed by atoms with Crippen LogP contribution >= 0.6 is 0 Å². The van der Waals surface area contributed by atoms with Crippen molar-refractivity contribution in [3.63, 3.8) is 0 Å². The van der Waals surface area contributed by atoms with Crippen molar-refractivity contribution in [2.24, 2.45) is 0 Å². The lowest BCUT2D eigenvalue weighted by atomic mass is 10.0. The monoisotopic (exact) mass is 491 g/mol. The summed E-state index contributed by atoms with van der Waals surface area (Å²) in [4.78, 5) is 5.34. The zero-order chi connectivity index (χ0) is 25.2. The fourth-order valence-corrected chi connectivity index (χ4v) is 5.66. The number of hydrogen-bond donors (Lipinski definition) is 0. The summed E-state index contributed by atoms with van der Waals surface area (Å²) in [5, 5.41) is 0. The van der Waals surface area contributed by atoms with Crippen molar-refractivity contribution in [3.8, 4) is 0 Å². The first-order valence-electron chi connectivity index (χ1n) is 16.5. The van der Waals surface area contributed by atoms with Crippen LogP contribution in [-0.4, -0.2) is 29.1 Å². The zero-order valence-corrected chi connectivity index (χ0v) is 24.7. The quantitative estimate of drug-likeness (QED) is 0.106. The SMILES string of the molecule is CCCCCCCCCCCCCCCCCCN1C=CN(CCCCCC)C1CCCCCC. The normalized spacial score (nSPS) is 15.6. The Morgan fingerprint density at radius 1 is 0.371 bits per heavy atom. The predicted molar refractivity (Wildman–Crippen MR) is 159 cm³/mol. The second-order valence-corrected chi connectivity index (χ2v) is 11.5. The Balaban J connectivity index is 2.03. The molecule has 208 valence electrons. The fraction of sp³-hybridized carbons (Fsp3) is 0.939. The van der Waals surface area contributed by atoms with Crippen molar-refractivity contribution in [1.82, 2.24) is 9.80 Å². The van der Waals surface area contributed by atoms with Crippen LogP contribution in [0.5, 0.6) is 0 Å². The number of hydrogen-bond acceptors (Lipinski definition) is 2. The standard InChI is InChI=1S/C33H66N2/c1-4-7-10-13-14-15-16-17-18-19-20-21-22-23-24-27-30-35-32-31-34(29-26-12-9-6-3)33(35)28-25-11-8-5-2/h31-33H,4-30H2,1-3H3. The van der Waals surface area contributed by atoms with Crippen LogP contribution in [-0.2, 0) is 0 Å². The van der Waals surface area contributed by atoms with Crippen molar-refractivity contribution in [1.29, 1.82) is 0 Å². The third-order valence-corrected chi connectivity index (χ3v) is 8.07. The smallest absolute Gasteiger partial charge is 0.101 e. The summed E-state index contributed by atoms with van der Waals surface area (Å²) < 4.78 is 0. The maximum atomic E-state index is 2.68. The lowest BCUT2D eigenvalue weighted by molar-refractivity contribution is 0.135. The molecule has 0 saturated carbocycles. The highest BCUT2D eigenvalue weighted by atomic mass is 15.4. The van der Waals surface area contributed by atoms with Gasteiger partial charge in [0.05, 0.1) is 0 Å². The predicted octanol–water partition coefficient (Wildman–Crippen LogP) is 11.2. The second kappa shape index (κ2) is 25.0. The minimum atomic E-state index is 0.643. The van der Waals surface area contributed by atoms with Crippen molar-refractivity contribution < 1.29 is 0 Å². The molecule has 35 heavy (non-hydrogen) atoms. The maximum absolute atomic E-state index is 2.68. The highest BCUT2D eigenvalue weighted by Crippen LogP contribution is 2.23. The first-order chi connectivity index (χ1) is 17.3. The Labute approximate surface area is 222 Å². The minimum Gasteiger partial charge on any atom is -0.356 e. The summed E-state index contributed by atoms with van der Waals surface area (Å²) >= 11 is 0. The molecule has 1 unspecified atom stereocenters. The molecule has 2 nitrogen and oxygen atoms in total. The highest BCUT2D eigenvalue weighted by Gasteiger charge is 2.24. The zero-order valence-electron chi connectivity index (χ0n) is 24.7. The van der Waals surface area contributed by atoms with E-state index < -0.39 is 0 Å². The van der Waals surface area contributed by atoms with Gasteiger partial charge in [0.25, 0.3) is 0 Å². The molecule has 0 bridgehead atoms. The van der Waals surface area contributed by atoms with Gasteiger partial charge in [-0.3, -0.25) is 0 Å². The molecule has 2 heteroatoms. The van der Waals surface area contributed by atoms with E-state index in [0.717, 1.165) is 0 Å². The van der Waals surface area contributed by atoms with Crippen LogP contribution in [0.25, 0.3) is 0 Å². The molecule has 1 aliphatic rings. The van der Waals surface area contributed by atoms with E-state index in [1.165, 1.54) is 174 Å². The average molecular weight is 491 g/mol. The summed E-state index contributed by atoms with van der Waals surface area (Å²) in [6.45, 7) is 9.46. The van der Waals surface area contributed by atoms with Crippen molar-refractivity contribution in [2.45, 2.75) is 187 Å². The van der Waals surface area contributed by atoms with Gasteiger partial charge in [-0.1, -0.05) is 156 Å². The molecule has 1 rings (SSSR count). The Bertz CT molecular complexity index is 446. The summed E-state index contributed by atoms with van der Waals surface area (Å²) in [7, 11) is 0. The second-order valence-electron chi connectivity index (χ2n) is 11.5. The lowest BCUT2D eigenvalue weighted by Gasteiger charge is -2.33. The van der Waals surface area contributed by atoms with Crippen molar-refractivity contribution >= 4 is 0 Å². The maximum Gasteiger partial charge on any atom is 0.101 e. The van der Waals surface area contributed by atoms with Crippen LogP contribution in [0.1, 0.15) is 181 Å². The Morgan fingerprint density at radius 2 is 0.657 bits per heavy atom. The molecule has 0 radical (unpaired) electrons. The van der Waals surface area contributed by atoms with Gasteiger partial charge in [0.15, 0.2) is 0 Å². The van der Waals surface area contributed by atoms with E-state index in [1.807, 2.05) is 0 Å². The fourth-order valence-electron chi connectivity index (χ4n) is 5.66. The van der Waals surface area contributed by atoms with Gasteiger partial charge in [0, 0.05) is 25.5 Å². The molecule has 0 aromatic heterocycles. The number of nitrogens with zero attached hydrogens (tertiary/aromatic N) is 2. The van der Waals surface area contributed by atoms with E-state index >= 15 is 0 Å². The van der Waals surface area contributed by atoms with Gasteiger partial charge < -0.3 is 9.80 Å². The molecular formula is C33H66N2. The average Bonchev–Trinajstić information content (AvgIpc) is 3.25. The number of unbranched alkanes of at least 4 members (excludes halogenated alkanes) is 21. The van der Waals surface area contributed by atoms with Gasteiger partial charge >= 0.3 is 0 Å². The molecule has 0 N–H and O–H groups in total.